The number of benzene rings is 1. The molecule has 1 aromatic carbocycles. The molecular weight excluding hydrogens is 312 g/mol. The first-order valence-electron chi connectivity index (χ1n) is 6.29. The third-order valence-corrected chi connectivity index (χ3v) is 5.33. The monoisotopic (exact) mass is 326 g/mol. The molecule has 0 N–H and O–H groups in total. The zero-order chi connectivity index (χ0) is 14.5. The number of carbonyl (C=O) groups is 1. The van der Waals surface area contributed by atoms with Crippen molar-refractivity contribution in [2.45, 2.75) is 11.8 Å². The summed E-state index contributed by atoms with van der Waals surface area (Å²) in [5, 5.41) is 9.19. The van der Waals surface area contributed by atoms with Gasteiger partial charge < -0.3 is 4.90 Å². The van der Waals surface area contributed by atoms with Crippen LogP contribution >= 0.6 is 35.1 Å². The summed E-state index contributed by atoms with van der Waals surface area (Å²) in [6, 6.07) is 7.73. The molecule has 0 saturated carbocycles. The molecule has 1 heterocycles. The molecule has 2 rings (SSSR count). The van der Waals surface area contributed by atoms with Gasteiger partial charge in [0.05, 0.1) is 23.3 Å². The SMILES string of the molecule is C[C@H]1CSc2ccc(Cl)cc2N(C(=O)CSCC#N)C1. The van der Waals surface area contributed by atoms with Crippen LogP contribution < -0.4 is 4.90 Å². The van der Waals surface area contributed by atoms with Gasteiger partial charge in [-0.05, 0) is 24.1 Å². The zero-order valence-electron chi connectivity index (χ0n) is 11.1. The van der Waals surface area contributed by atoms with E-state index in [1.165, 1.54) is 11.8 Å². The molecule has 106 valence electrons. The predicted molar refractivity (Wildman–Crippen MR) is 86.6 cm³/mol. The van der Waals surface area contributed by atoms with Crippen LogP contribution in [-0.2, 0) is 4.79 Å². The van der Waals surface area contributed by atoms with E-state index in [-0.39, 0.29) is 5.91 Å². The van der Waals surface area contributed by atoms with E-state index < -0.39 is 0 Å². The Morgan fingerprint density at radius 3 is 3.20 bits per heavy atom. The Morgan fingerprint density at radius 2 is 2.45 bits per heavy atom. The molecule has 0 aromatic heterocycles. The normalized spacial score (nSPS) is 18.1. The molecular formula is C14H15ClN2OS2. The van der Waals surface area contributed by atoms with Crippen molar-refractivity contribution in [3.05, 3.63) is 23.2 Å². The van der Waals surface area contributed by atoms with E-state index >= 15 is 0 Å². The van der Waals surface area contributed by atoms with E-state index in [4.69, 9.17) is 16.9 Å². The maximum absolute atomic E-state index is 12.4. The quantitative estimate of drug-likeness (QED) is 0.795. The first-order valence-corrected chi connectivity index (χ1v) is 8.81. The summed E-state index contributed by atoms with van der Waals surface area (Å²) < 4.78 is 0. The summed E-state index contributed by atoms with van der Waals surface area (Å²) >= 11 is 9.18. The standard InChI is InChI=1S/C14H15ClN2OS2/c1-10-7-17(14(18)9-19-5-4-16)12-6-11(15)2-3-13(12)20-8-10/h2-3,6,10H,5,7-9H2,1H3/t10-/m1/s1. The number of fused-ring (bicyclic) bond motifs is 1. The molecule has 6 heteroatoms. The van der Waals surface area contributed by atoms with Gasteiger partial charge in [-0.25, -0.2) is 0 Å². The Hall–Kier alpha value is -0.830. The average Bonchev–Trinajstić information content (AvgIpc) is 2.58. The molecule has 1 aliphatic rings. The highest BCUT2D eigenvalue weighted by Gasteiger charge is 2.24. The Kier molecular flexibility index (Phi) is 5.64. The van der Waals surface area contributed by atoms with E-state index in [2.05, 4.69) is 6.92 Å². The van der Waals surface area contributed by atoms with Crippen molar-refractivity contribution < 1.29 is 4.79 Å². The van der Waals surface area contributed by atoms with Gasteiger partial charge in [0.25, 0.3) is 0 Å². The second-order valence-electron chi connectivity index (χ2n) is 4.68. The van der Waals surface area contributed by atoms with Gasteiger partial charge in [-0.1, -0.05) is 18.5 Å². The van der Waals surface area contributed by atoms with Crippen molar-refractivity contribution in [2.24, 2.45) is 5.92 Å². The number of nitriles is 1. The first kappa shape index (κ1) is 15.6. The number of amides is 1. The lowest BCUT2D eigenvalue weighted by molar-refractivity contribution is -0.116. The van der Waals surface area contributed by atoms with E-state index in [9.17, 15) is 4.79 Å². The largest absolute Gasteiger partial charge is 0.310 e. The van der Waals surface area contributed by atoms with Crippen molar-refractivity contribution >= 4 is 46.7 Å². The summed E-state index contributed by atoms with van der Waals surface area (Å²) in [4.78, 5) is 15.3. The fourth-order valence-corrected chi connectivity index (χ4v) is 3.76. The highest BCUT2D eigenvalue weighted by atomic mass is 35.5. The number of thioether (sulfide) groups is 2. The van der Waals surface area contributed by atoms with E-state index in [0.29, 0.717) is 29.0 Å². The van der Waals surface area contributed by atoms with Crippen molar-refractivity contribution in [3.8, 4) is 6.07 Å². The maximum atomic E-state index is 12.4. The third-order valence-electron chi connectivity index (χ3n) is 2.92. The summed E-state index contributed by atoms with van der Waals surface area (Å²) in [5.74, 6) is 2.13. The van der Waals surface area contributed by atoms with E-state index in [0.717, 1.165) is 16.3 Å². The number of hydrogen-bond donors (Lipinski definition) is 0. The van der Waals surface area contributed by atoms with Gasteiger partial charge in [-0.2, -0.15) is 5.26 Å². The number of rotatable bonds is 3. The average molecular weight is 327 g/mol. The Balaban J connectivity index is 2.24. The van der Waals surface area contributed by atoms with E-state index in [1.54, 1.807) is 11.8 Å². The van der Waals surface area contributed by atoms with Gasteiger partial charge in [-0.15, -0.1) is 23.5 Å². The van der Waals surface area contributed by atoms with Crippen molar-refractivity contribution in [1.29, 1.82) is 5.26 Å². The van der Waals surface area contributed by atoms with Crippen LogP contribution in [0.2, 0.25) is 5.02 Å². The van der Waals surface area contributed by atoms with Crippen molar-refractivity contribution in [2.75, 3.05) is 28.7 Å². The molecule has 0 saturated heterocycles. The lowest BCUT2D eigenvalue weighted by atomic mass is 10.2. The Morgan fingerprint density at radius 1 is 1.65 bits per heavy atom. The lowest BCUT2D eigenvalue weighted by Gasteiger charge is -2.24. The number of halogens is 1. The zero-order valence-corrected chi connectivity index (χ0v) is 13.5. The van der Waals surface area contributed by atoms with E-state index in [1.807, 2.05) is 29.2 Å². The predicted octanol–water partition coefficient (Wildman–Crippen LogP) is 3.67. The highest BCUT2D eigenvalue weighted by Crippen LogP contribution is 2.37. The fraction of sp³-hybridized carbons (Fsp3) is 0.429. The highest BCUT2D eigenvalue weighted by molar-refractivity contribution is 8.00. The Labute approximate surface area is 132 Å². The number of nitrogens with zero attached hydrogens (tertiary/aromatic N) is 2. The maximum Gasteiger partial charge on any atom is 0.237 e. The summed E-state index contributed by atoms with van der Waals surface area (Å²) in [6.07, 6.45) is 0. The second-order valence-corrected chi connectivity index (χ2v) is 7.17. The fourth-order valence-electron chi connectivity index (χ4n) is 2.02. The lowest BCUT2D eigenvalue weighted by Crippen LogP contribution is -2.36. The summed E-state index contributed by atoms with van der Waals surface area (Å²) in [5.41, 5.74) is 0.898. The van der Waals surface area contributed by atoms with Gasteiger partial charge >= 0.3 is 0 Å². The minimum absolute atomic E-state index is 0.0446. The molecule has 20 heavy (non-hydrogen) atoms. The minimum Gasteiger partial charge on any atom is -0.310 e. The van der Waals surface area contributed by atoms with Crippen LogP contribution in [0.4, 0.5) is 5.69 Å². The molecule has 1 amide bonds. The molecule has 1 aromatic rings. The summed E-state index contributed by atoms with van der Waals surface area (Å²) in [6.45, 7) is 2.84. The van der Waals surface area contributed by atoms with Crippen LogP contribution in [-0.4, -0.2) is 29.7 Å². The van der Waals surface area contributed by atoms with Gasteiger partial charge in [0, 0.05) is 22.2 Å². The first-order chi connectivity index (χ1) is 9.61. The van der Waals surface area contributed by atoms with Gasteiger partial charge in [0.15, 0.2) is 0 Å². The molecule has 3 nitrogen and oxygen atoms in total. The Bertz CT molecular complexity index is 544. The molecule has 0 fully saturated rings. The van der Waals surface area contributed by atoms with Crippen LogP contribution in [0.3, 0.4) is 0 Å². The molecule has 1 atom stereocenters. The smallest absolute Gasteiger partial charge is 0.237 e. The van der Waals surface area contributed by atoms with Crippen LogP contribution in [0.5, 0.6) is 0 Å². The molecule has 0 spiro atoms. The van der Waals surface area contributed by atoms with Crippen LogP contribution in [0.25, 0.3) is 0 Å². The molecule has 0 unspecified atom stereocenters. The molecule has 0 aliphatic carbocycles. The van der Waals surface area contributed by atoms with Gasteiger partial charge in [0.1, 0.15) is 0 Å². The number of hydrogen-bond acceptors (Lipinski definition) is 4. The minimum atomic E-state index is 0.0446. The second kappa shape index (κ2) is 7.26. The number of carbonyl (C=O) groups excluding carboxylic acids is 1. The van der Waals surface area contributed by atoms with Gasteiger partial charge in [0.2, 0.25) is 5.91 Å². The van der Waals surface area contributed by atoms with Crippen molar-refractivity contribution in [1.82, 2.24) is 0 Å². The summed E-state index contributed by atoms with van der Waals surface area (Å²) in [7, 11) is 0. The number of anilines is 1. The third kappa shape index (κ3) is 3.85. The molecule has 0 radical (unpaired) electrons. The van der Waals surface area contributed by atoms with Crippen LogP contribution in [0, 0.1) is 17.2 Å². The molecule has 1 aliphatic heterocycles. The van der Waals surface area contributed by atoms with Crippen LogP contribution in [0.15, 0.2) is 23.1 Å². The van der Waals surface area contributed by atoms with Gasteiger partial charge in [-0.3, -0.25) is 4.79 Å². The van der Waals surface area contributed by atoms with Crippen LogP contribution in [0.1, 0.15) is 6.92 Å². The molecule has 0 bridgehead atoms. The van der Waals surface area contributed by atoms with Crippen molar-refractivity contribution in [3.63, 3.8) is 0 Å². The topological polar surface area (TPSA) is 44.1 Å².